The Morgan fingerprint density at radius 3 is 2.44 bits per heavy atom. The van der Waals surface area contributed by atoms with Crippen LogP contribution in [0.2, 0.25) is 5.02 Å². The van der Waals surface area contributed by atoms with Gasteiger partial charge in [0.1, 0.15) is 0 Å². The lowest BCUT2D eigenvalue weighted by atomic mass is 10.2. The molecule has 0 saturated heterocycles. The number of anilines is 1. The maximum absolute atomic E-state index is 6.11. The molecule has 0 unspecified atom stereocenters. The molecular formula is C14H13BrClNO. The van der Waals surface area contributed by atoms with Crippen LogP contribution in [0, 0.1) is 0 Å². The van der Waals surface area contributed by atoms with Crippen LogP contribution in [0.25, 0.3) is 0 Å². The van der Waals surface area contributed by atoms with E-state index in [0.717, 1.165) is 21.3 Å². The third kappa shape index (κ3) is 3.73. The van der Waals surface area contributed by atoms with Crippen LogP contribution in [0.5, 0.6) is 0 Å². The standard InChI is InChI=1S/C14H13BrClNO/c15-12-4-3-11(14(16)7-12)9-18-8-10-1-5-13(17)6-2-10/h1-7H,8-9,17H2. The first-order valence-corrected chi connectivity index (χ1v) is 6.68. The Labute approximate surface area is 120 Å². The van der Waals surface area contributed by atoms with Crippen LogP contribution in [-0.2, 0) is 18.0 Å². The molecule has 0 aromatic heterocycles. The summed E-state index contributed by atoms with van der Waals surface area (Å²) in [7, 11) is 0. The van der Waals surface area contributed by atoms with Crippen LogP contribution in [0.3, 0.4) is 0 Å². The molecule has 0 aliphatic heterocycles. The van der Waals surface area contributed by atoms with Gasteiger partial charge in [-0.05, 0) is 35.4 Å². The zero-order valence-electron chi connectivity index (χ0n) is 9.70. The summed E-state index contributed by atoms with van der Waals surface area (Å²) in [6.07, 6.45) is 0. The lowest BCUT2D eigenvalue weighted by Crippen LogP contribution is -1.95. The predicted octanol–water partition coefficient (Wildman–Crippen LogP) is 4.40. The maximum Gasteiger partial charge on any atom is 0.0735 e. The summed E-state index contributed by atoms with van der Waals surface area (Å²) >= 11 is 9.48. The van der Waals surface area contributed by atoms with Crippen molar-refractivity contribution in [1.82, 2.24) is 0 Å². The summed E-state index contributed by atoms with van der Waals surface area (Å²) in [6, 6.07) is 13.4. The van der Waals surface area contributed by atoms with Crippen LogP contribution in [-0.4, -0.2) is 0 Å². The first-order chi connectivity index (χ1) is 8.65. The van der Waals surface area contributed by atoms with Gasteiger partial charge in [0.2, 0.25) is 0 Å². The lowest BCUT2D eigenvalue weighted by Gasteiger charge is -2.07. The molecular weight excluding hydrogens is 314 g/mol. The van der Waals surface area contributed by atoms with E-state index in [2.05, 4.69) is 15.9 Å². The fraction of sp³-hybridized carbons (Fsp3) is 0.143. The number of hydrogen-bond donors (Lipinski definition) is 1. The molecule has 0 spiro atoms. The minimum Gasteiger partial charge on any atom is -0.399 e. The summed E-state index contributed by atoms with van der Waals surface area (Å²) < 4.78 is 6.59. The van der Waals surface area contributed by atoms with Gasteiger partial charge >= 0.3 is 0 Å². The molecule has 0 heterocycles. The van der Waals surface area contributed by atoms with Gasteiger partial charge in [-0.25, -0.2) is 0 Å². The molecule has 0 fully saturated rings. The summed E-state index contributed by atoms with van der Waals surface area (Å²) in [5.74, 6) is 0. The molecule has 0 saturated carbocycles. The van der Waals surface area contributed by atoms with Crippen molar-refractivity contribution in [2.45, 2.75) is 13.2 Å². The van der Waals surface area contributed by atoms with E-state index in [9.17, 15) is 0 Å². The zero-order valence-corrected chi connectivity index (χ0v) is 12.0. The van der Waals surface area contributed by atoms with Crippen molar-refractivity contribution in [3.05, 3.63) is 63.1 Å². The topological polar surface area (TPSA) is 35.2 Å². The van der Waals surface area contributed by atoms with Crippen LogP contribution in [0.15, 0.2) is 46.9 Å². The normalized spacial score (nSPS) is 10.6. The molecule has 94 valence electrons. The van der Waals surface area contributed by atoms with Crippen LogP contribution < -0.4 is 5.73 Å². The van der Waals surface area contributed by atoms with E-state index in [1.165, 1.54) is 0 Å². The highest BCUT2D eigenvalue weighted by Crippen LogP contribution is 2.22. The van der Waals surface area contributed by atoms with E-state index in [-0.39, 0.29) is 0 Å². The highest BCUT2D eigenvalue weighted by atomic mass is 79.9. The molecule has 18 heavy (non-hydrogen) atoms. The number of benzene rings is 2. The highest BCUT2D eigenvalue weighted by Gasteiger charge is 2.01. The lowest BCUT2D eigenvalue weighted by molar-refractivity contribution is 0.107. The van der Waals surface area contributed by atoms with Crippen molar-refractivity contribution in [3.63, 3.8) is 0 Å². The number of rotatable bonds is 4. The number of ether oxygens (including phenoxy) is 1. The van der Waals surface area contributed by atoms with E-state index in [1.807, 2.05) is 42.5 Å². The Morgan fingerprint density at radius 2 is 1.78 bits per heavy atom. The van der Waals surface area contributed by atoms with Gasteiger partial charge in [0.25, 0.3) is 0 Å². The second-order valence-electron chi connectivity index (χ2n) is 3.97. The van der Waals surface area contributed by atoms with Gasteiger partial charge in [0.05, 0.1) is 13.2 Å². The van der Waals surface area contributed by atoms with E-state index in [1.54, 1.807) is 0 Å². The number of hydrogen-bond acceptors (Lipinski definition) is 2. The number of nitrogens with two attached hydrogens (primary N) is 1. The van der Waals surface area contributed by atoms with E-state index in [4.69, 9.17) is 22.1 Å². The Morgan fingerprint density at radius 1 is 1.06 bits per heavy atom. The second kappa shape index (κ2) is 6.23. The van der Waals surface area contributed by atoms with Crippen molar-refractivity contribution in [2.75, 3.05) is 5.73 Å². The smallest absolute Gasteiger partial charge is 0.0735 e. The van der Waals surface area contributed by atoms with Gasteiger partial charge in [-0.3, -0.25) is 0 Å². The Bertz CT molecular complexity index is 528. The van der Waals surface area contributed by atoms with Gasteiger partial charge in [-0.15, -0.1) is 0 Å². The van der Waals surface area contributed by atoms with Gasteiger partial charge in [-0.2, -0.15) is 0 Å². The van der Waals surface area contributed by atoms with Crippen LogP contribution >= 0.6 is 27.5 Å². The molecule has 0 bridgehead atoms. The van der Waals surface area contributed by atoms with E-state index in [0.29, 0.717) is 18.2 Å². The summed E-state index contributed by atoms with van der Waals surface area (Å²) in [4.78, 5) is 0. The number of nitrogen functional groups attached to an aromatic ring is 1. The molecule has 2 nitrogen and oxygen atoms in total. The molecule has 0 aliphatic rings. The van der Waals surface area contributed by atoms with Crippen molar-refractivity contribution < 1.29 is 4.74 Å². The average Bonchev–Trinajstić information content (AvgIpc) is 2.34. The van der Waals surface area contributed by atoms with E-state index < -0.39 is 0 Å². The van der Waals surface area contributed by atoms with Crippen molar-refractivity contribution in [2.24, 2.45) is 0 Å². The van der Waals surface area contributed by atoms with Gasteiger partial charge in [0.15, 0.2) is 0 Å². The summed E-state index contributed by atoms with van der Waals surface area (Å²) in [5.41, 5.74) is 8.45. The third-order valence-electron chi connectivity index (χ3n) is 2.52. The van der Waals surface area contributed by atoms with Crippen molar-refractivity contribution in [1.29, 1.82) is 0 Å². The molecule has 2 N–H and O–H groups in total. The quantitative estimate of drug-likeness (QED) is 0.845. The Kier molecular flexibility index (Phi) is 4.64. The molecule has 2 aromatic rings. The van der Waals surface area contributed by atoms with E-state index >= 15 is 0 Å². The molecule has 2 rings (SSSR count). The minimum atomic E-state index is 0.497. The van der Waals surface area contributed by atoms with Crippen LogP contribution in [0.4, 0.5) is 5.69 Å². The average molecular weight is 327 g/mol. The van der Waals surface area contributed by atoms with Gasteiger partial charge in [-0.1, -0.05) is 45.7 Å². The molecule has 0 amide bonds. The number of halogens is 2. The SMILES string of the molecule is Nc1ccc(COCc2ccc(Br)cc2Cl)cc1. The molecule has 4 heteroatoms. The first kappa shape index (κ1) is 13.4. The second-order valence-corrected chi connectivity index (χ2v) is 5.29. The maximum atomic E-state index is 6.11. The van der Waals surface area contributed by atoms with Crippen molar-refractivity contribution in [3.8, 4) is 0 Å². The Balaban J connectivity index is 1.90. The summed E-state index contributed by atoms with van der Waals surface area (Å²) in [5, 5.41) is 0.710. The Hall–Kier alpha value is -1.03. The molecule has 0 aliphatic carbocycles. The molecule has 2 aromatic carbocycles. The monoisotopic (exact) mass is 325 g/mol. The summed E-state index contributed by atoms with van der Waals surface area (Å²) in [6.45, 7) is 1.04. The predicted molar refractivity (Wildman–Crippen MR) is 78.5 cm³/mol. The third-order valence-corrected chi connectivity index (χ3v) is 3.37. The fourth-order valence-electron chi connectivity index (χ4n) is 1.53. The minimum absolute atomic E-state index is 0.497. The fourth-order valence-corrected chi connectivity index (χ4v) is 2.26. The molecule has 0 atom stereocenters. The van der Waals surface area contributed by atoms with Crippen LogP contribution in [0.1, 0.15) is 11.1 Å². The first-order valence-electron chi connectivity index (χ1n) is 5.51. The van der Waals surface area contributed by atoms with Crippen molar-refractivity contribution >= 4 is 33.2 Å². The van der Waals surface area contributed by atoms with Gasteiger partial charge in [0, 0.05) is 15.2 Å². The zero-order chi connectivity index (χ0) is 13.0. The largest absolute Gasteiger partial charge is 0.399 e. The molecule has 0 radical (unpaired) electrons. The highest BCUT2D eigenvalue weighted by molar-refractivity contribution is 9.10. The van der Waals surface area contributed by atoms with Gasteiger partial charge < -0.3 is 10.5 Å².